The molecule has 0 aliphatic carbocycles. The topological polar surface area (TPSA) is 109 Å². The summed E-state index contributed by atoms with van der Waals surface area (Å²) in [5, 5.41) is 0.0275. The smallest absolute Gasteiger partial charge is 0.276 e. The van der Waals surface area contributed by atoms with E-state index in [1.54, 1.807) is 0 Å². The molecule has 2 heterocycles. The van der Waals surface area contributed by atoms with Crippen molar-refractivity contribution in [2.45, 2.75) is 13.3 Å². The maximum absolute atomic E-state index is 11.9. The largest absolute Gasteiger partial charge is 0.391 e. The Hall–Kier alpha value is -1.83. The first-order valence-corrected chi connectivity index (χ1v) is 6.74. The third kappa shape index (κ3) is 2.95. The summed E-state index contributed by atoms with van der Waals surface area (Å²) in [6.45, 7) is 1.93. The van der Waals surface area contributed by atoms with E-state index in [2.05, 4.69) is 9.97 Å². The fourth-order valence-electron chi connectivity index (χ4n) is 1.95. The molecule has 7 nitrogen and oxygen atoms in total. The number of aromatic amines is 1. The summed E-state index contributed by atoms with van der Waals surface area (Å²) < 4.78 is 0. The predicted octanol–water partition coefficient (Wildman–Crippen LogP) is -0.0153. The van der Waals surface area contributed by atoms with E-state index >= 15 is 0 Å². The van der Waals surface area contributed by atoms with E-state index in [-0.39, 0.29) is 28.4 Å². The van der Waals surface area contributed by atoms with Gasteiger partial charge in [-0.15, -0.1) is 0 Å². The Kier molecular flexibility index (Phi) is 3.89. The molecule has 0 saturated carbocycles. The standard InChI is InChI=1S/C11H14N4O3S/c1-6(16)19-4-7-2-8(17)15(3-7)10-9(12)11(18)14-5-13-10/h5,7H,2-4,12H2,1H3,(H,13,14,18). The first-order valence-electron chi connectivity index (χ1n) is 5.76. The maximum atomic E-state index is 11.9. The van der Waals surface area contributed by atoms with Gasteiger partial charge in [0.15, 0.2) is 10.9 Å². The lowest BCUT2D eigenvalue weighted by Crippen LogP contribution is -2.29. The van der Waals surface area contributed by atoms with Crippen molar-refractivity contribution in [2.75, 3.05) is 22.9 Å². The van der Waals surface area contributed by atoms with Gasteiger partial charge in [0.1, 0.15) is 5.69 Å². The number of carbonyl (C=O) groups excluding carboxylic acids is 2. The Morgan fingerprint density at radius 1 is 1.63 bits per heavy atom. The summed E-state index contributed by atoms with van der Waals surface area (Å²) in [5.41, 5.74) is 5.11. The van der Waals surface area contributed by atoms with Gasteiger partial charge in [0.25, 0.3) is 5.56 Å². The zero-order valence-corrected chi connectivity index (χ0v) is 11.2. The first-order chi connectivity index (χ1) is 8.99. The summed E-state index contributed by atoms with van der Waals surface area (Å²) >= 11 is 1.20. The molecular formula is C11H14N4O3S. The van der Waals surface area contributed by atoms with Crippen LogP contribution in [0.5, 0.6) is 0 Å². The van der Waals surface area contributed by atoms with E-state index < -0.39 is 5.56 Å². The van der Waals surface area contributed by atoms with Crippen LogP contribution in [0.4, 0.5) is 11.5 Å². The van der Waals surface area contributed by atoms with Gasteiger partial charge in [-0.2, -0.15) is 0 Å². The minimum atomic E-state index is -0.459. The van der Waals surface area contributed by atoms with Crippen LogP contribution >= 0.6 is 11.8 Å². The molecule has 1 aromatic rings. The van der Waals surface area contributed by atoms with Crippen LogP contribution in [-0.4, -0.2) is 33.3 Å². The van der Waals surface area contributed by atoms with Gasteiger partial charge in [0.2, 0.25) is 5.91 Å². The monoisotopic (exact) mass is 282 g/mol. The Balaban J connectivity index is 2.14. The number of anilines is 2. The van der Waals surface area contributed by atoms with Crippen LogP contribution in [-0.2, 0) is 9.59 Å². The van der Waals surface area contributed by atoms with Crippen molar-refractivity contribution in [2.24, 2.45) is 5.92 Å². The van der Waals surface area contributed by atoms with E-state index in [9.17, 15) is 14.4 Å². The number of aromatic nitrogens is 2. The molecule has 1 amide bonds. The molecule has 1 aromatic heterocycles. The fourth-order valence-corrected chi connectivity index (χ4v) is 2.64. The highest BCUT2D eigenvalue weighted by Crippen LogP contribution is 2.27. The molecule has 19 heavy (non-hydrogen) atoms. The van der Waals surface area contributed by atoms with Gasteiger partial charge in [-0.25, -0.2) is 4.98 Å². The predicted molar refractivity (Wildman–Crippen MR) is 72.9 cm³/mol. The fraction of sp³-hybridized carbons (Fsp3) is 0.455. The zero-order valence-electron chi connectivity index (χ0n) is 10.4. The number of nitrogens with two attached hydrogens (primary N) is 1. The summed E-state index contributed by atoms with van der Waals surface area (Å²) in [7, 11) is 0. The second kappa shape index (κ2) is 5.43. The van der Waals surface area contributed by atoms with Crippen LogP contribution in [0.1, 0.15) is 13.3 Å². The van der Waals surface area contributed by atoms with E-state index in [1.807, 2.05) is 0 Å². The number of hydrogen-bond acceptors (Lipinski definition) is 6. The molecule has 8 heteroatoms. The van der Waals surface area contributed by atoms with Crippen LogP contribution in [0.3, 0.4) is 0 Å². The quantitative estimate of drug-likeness (QED) is 0.806. The molecule has 1 saturated heterocycles. The number of nitrogens with one attached hydrogen (secondary N) is 1. The van der Waals surface area contributed by atoms with Crippen molar-refractivity contribution < 1.29 is 9.59 Å². The Labute approximate surface area is 113 Å². The number of amides is 1. The number of nitrogens with zero attached hydrogens (tertiary/aromatic N) is 2. The molecule has 0 radical (unpaired) electrons. The Morgan fingerprint density at radius 2 is 2.37 bits per heavy atom. The minimum Gasteiger partial charge on any atom is -0.391 e. The summed E-state index contributed by atoms with van der Waals surface area (Å²) in [4.78, 5) is 41.9. The van der Waals surface area contributed by atoms with Crippen molar-refractivity contribution in [3.8, 4) is 0 Å². The van der Waals surface area contributed by atoms with Gasteiger partial charge in [0.05, 0.1) is 6.33 Å². The van der Waals surface area contributed by atoms with Crippen LogP contribution in [0.25, 0.3) is 0 Å². The normalized spacial score (nSPS) is 18.9. The van der Waals surface area contributed by atoms with Crippen LogP contribution in [0, 0.1) is 5.92 Å². The van der Waals surface area contributed by atoms with Gasteiger partial charge < -0.3 is 10.7 Å². The highest BCUT2D eigenvalue weighted by Gasteiger charge is 2.32. The van der Waals surface area contributed by atoms with Gasteiger partial charge in [-0.05, 0) is 5.92 Å². The SMILES string of the molecule is CC(=O)SCC1CC(=O)N(c2nc[nH]c(=O)c2N)C1. The number of thioether (sulfide) groups is 1. The average Bonchev–Trinajstić information content (AvgIpc) is 2.71. The minimum absolute atomic E-state index is 0.0275. The third-order valence-corrected chi connectivity index (χ3v) is 3.90. The first kappa shape index (κ1) is 13.6. The van der Waals surface area contributed by atoms with Crippen molar-refractivity contribution >= 4 is 34.3 Å². The van der Waals surface area contributed by atoms with E-state index in [0.29, 0.717) is 18.7 Å². The van der Waals surface area contributed by atoms with Crippen molar-refractivity contribution in [1.29, 1.82) is 0 Å². The number of hydrogen-bond donors (Lipinski definition) is 2. The molecule has 1 aliphatic heterocycles. The molecule has 1 atom stereocenters. The van der Waals surface area contributed by atoms with Crippen molar-refractivity contribution in [3.63, 3.8) is 0 Å². The van der Waals surface area contributed by atoms with Gasteiger partial charge in [-0.1, -0.05) is 11.8 Å². The highest BCUT2D eigenvalue weighted by atomic mass is 32.2. The van der Waals surface area contributed by atoms with Crippen molar-refractivity contribution in [1.82, 2.24) is 9.97 Å². The van der Waals surface area contributed by atoms with Gasteiger partial charge in [0, 0.05) is 25.6 Å². The number of nitrogen functional groups attached to an aromatic ring is 1. The second-order valence-electron chi connectivity index (χ2n) is 4.35. The maximum Gasteiger partial charge on any atom is 0.276 e. The zero-order chi connectivity index (χ0) is 14.0. The lowest BCUT2D eigenvalue weighted by molar-refractivity contribution is -0.117. The third-order valence-electron chi connectivity index (χ3n) is 2.85. The molecule has 3 N–H and O–H groups in total. The summed E-state index contributed by atoms with van der Waals surface area (Å²) in [6.07, 6.45) is 1.56. The molecule has 1 unspecified atom stereocenters. The summed E-state index contributed by atoms with van der Waals surface area (Å²) in [5.74, 6) is 0.727. The van der Waals surface area contributed by atoms with Crippen LogP contribution in [0.2, 0.25) is 0 Å². The lowest BCUT2D eigenvalue weighted by atomic mass is 10.1. The van der Waals surface area contributed by atoms with Gasteiger partial charge >= 0.3 is 0 Å². The lowest BCUT2D eigenvalue weighted by Gasteiger charge is -2.16. The second-order valence-corrected chi connectivity index (χ2v) is 5.54. The highest BCUT2D eigenvalue weighted by molar-refractivity contribution is 8.13. The molecule has 0 aromatic carbocycles. The van der Waals surface area contributed by atoms with Crippen molar-refractivity contribution in [3.05, 3.63) is 16.7 Å². The Bertz CT molecular complexity index is 571. The average molecular weight is 282 g/mol. The molecule has 1 aliphatic rings. The molecule has 2 rings (SSSR count). The van der Waals surface area contributed by atoms with Gasteiger partial charge in [-0.3, -0.25) is 19.3 Å². The molecule has 102 valence electrons. The number of rotatable bonds is 3. The molecule has 0 bridgehead atoms. The molecule has 0 spiro atoms. The molecular weight excluding hydrogens is 268 g/mol. The van der Waals surface area contributed by atoms with E-state index in [4.69, 9.17) is 5.73 Å². The summed E-state index contributed by atoms with van der Waals surface area (Å²) in [6, 6.07) is 0. The van der Waals surface area contributed by atoms with Crippen LogP contribution < -0.4 is 16.2 Å². The number of carbonyl (C=O) groups is 2. The molecule has 1 fully saturated rings. The van der Waals surface area contributed by atoms with Crippen LogP contribution in [0.15, 0.2) is 11.1 Å². The number of H-pyrrole nitrogens is 1. The Morgan fingerprint density at radius 3 is 3.05 bits per heavy atom. The van der Waals surface area contributed by atoms with E-state index in [1.165, 1.54) is 29.9 Å². The van der Waals surface area contributed by atoms with E-state index in [0.717, 1.165) is 0 Å².